The predicted octanol–water partition coefficient (Wildman–Crippen LogP) is 4.58. The minimum Gasteiger partial charge on any atom is -0.549 e. The Labute approximate surface area is 124 Å². The lowest BCUT2D eigenvalue weighted by atomic mass is 9.62. The van der Waals surface area contributed by atoms with Crippen molar-refractivity contribution in [1.82, 2.24) is 0 Å². The van der Waals surface area contributed by atoms with Crippen molar-refractivity contribution in [2.24, 2.45) is 10.8 Å². The molecule has 0 aliphatic carbocycles. The van der Waals surface area contributed by atoms with Crippen molar-refractivity contribution in [1.29, 1.82) is 0 Å². The maximum absolute atomic E-state index is 5.56. The molecule has 1 nitrogen and oxygen atoms in total. The molecule has 0 aromatic heterocycles. The molecule has 0 rings (SSSR count). The number of allylic oxidation sites excluding steroid dienone is 1. The molecule has 0 bridgehead atoms. The molecule has 0 aromatic carbocycles. The van der Waals surface area contributed by atoms with Gasteiger partial charge in [0.05, 0.1) is 0 Å². The molecule has 0 aliphatic rings. The second-order valence-corrected chi connectivity index (χ2v) is 7.53. The predicted molar refractivity (Wildman–Crippen MR) is 89.4 cm³/mol. The van der Waals surface area contributed by atoms with Crippen molar-refractivity contribution in [2.75, 3.05) is 0 Å². The van der Waals surface area contributed by atoms with Gasteiger partial charge in [0.1, 0.15) is 3.77 Å². The molecule has 0 amide bonds. The molecule has 0 saturated carbocycles. The van der Waals surface area contributed by atoms with Crippen LogP contribution in [0.1, 0.15) is 67.2 Å². The first kappa shape index (κ1) is 17.5. The van der Waals surface area contributed by atoms with Crippen LogP contribution in [0.5, 0.6) is 0 Å². The number of rotatable bonds is 6. The minimum absolute atomic E-state index is 0.239. The van der Waals surface area contributed by atoms with Crippen molar-refractivity contribution in [3.63, 3.8) is 0 Å². The highest BCUT2D eigenvalue weighted by molar-refractivity contribution is 14.1. The largest absolute Gasteiger partial charge is 0.549 e. The van der Waals surface area contributed by atoms with Gasteiger partial charge in [-0.1, -0.05) is 53.9 Å². The fourth-order valence-electron chi connectivity index (χ4n) is 2.22. The summed E-state index contributed by atoms with van der Waals surface area (Å²) in [6.45, 7) is 14.0. The van der Waals surface area contributed by atoms with Gasteiger partial charge in [0.25, 0.3) is 0 Å². The molecule has 102 valence electrons. The molecular weight excluding hydrogens is 339 g/mol. The molecule has 17 heavy (non-hydrogen) atoms. The van der Waals surface area contributed by atoms with E-state index in [-0.39, 0.29) is 10.8 Å². The van der Waals surface area contributed by atoms with E-state index in [4.69, 9.17) is 4.43 Å². The number of hydrogen-bond donors (Lipinski definition) is 0. The van der Waals surface area contributed by atoms with Gasteiger partial charge < -0.3 is 4.43 Å². The van der Waals surface area contributed by atoms with E-state index < -0.39 is 0 Å². The number of unbranched alkanes of at least 4 members (excludes halogenated alkanes) is 2. The third kappa shape index (κ3) is 4.58. The summed E-state index contributed by atoms with van der Waals surface area (Å²) in [6.07, 6.45) is 5.19. The van der Waals surface area contributed by atoms with Crippen LogP contribution in [0.2, 0.25) is 0 Å². The molecule has 0 radical (unpaired) electrons. The fraction of sp³-hybridized carbons (Fsp3) is 0.857. The van der Waals surface area contributed by atoms with E-state index in [2.05, 4.69) is 64.1 Å². The van der Waals surface area contributed by atoms with Crippen LogP contribution in [0.15, 0.2) is 9.34 Å². The fourth-order valence-corrected chi connectivity index (χ4v) is 3.12. The molecule has 1 atom stereocenters. The minimum atomic E-state index is 0.239. The Morgan fingerprint density at radius 1 is 1.18 bits per heavy atom. The zero-order valence-electron chi connectivity index (χ0n) is 12.6. The Morgan fingerprint density at radius 3 is 2.06 bits per heavy atom. The zero-order valence-corrected chi connectivity index (χ0v) is 16.8. The first-order valence-corrected chi connectivity index (χ1v) is 8.51. The molecule has 0 aliphatic heterocycles. The Morgan fingerprint density at radius 2 is 1.71 bits per heavy atom. The lowest BCUT2D eigenvalue weighted by Crippen LogP contribution is -2.34. The van der Waals surface area contributed by atoms with Gasteiger partial charge in [0.15, 0.2) is 0 Å². The monoisotopic (exact) mass is 368 g/mol. The highest BCUT2D eigenvalue weighted by Crippen LogP contribution is 2.49. The third-order valence-electron chi connectivity index (χ3n) is 4.24. The van der Waals surface area contributed by atoms with E-state index in [0.29, 0.717) is 0 Å². The van der Waals surface area contributed by atoms with Crippen molar-refractivity contribution < 1.29 is 4.43 Å². The van der Waals surface area contributed by atoms with Crippen molar-refractivity contribution in [3.8, 4) is 0 Å². The summed E-state index contributed by atoms with van der Waals surface area (Å²) < 4.78 is 6.68. The van der Waals surface area contributed by atoms with E-state index in [1.54, 1.807) is 0 Å². The summed E-state index contributed by atoms with van der Waals surface area (Å²) in [7, 11) is 0.781. The highest BCUT2D eigenvalue weighted by Gasteiger charge is 2.39. The van der Waals surface area contributed by atoms with Crippen molar-refractivity contribution >= 4 is 33.1 Å². The van der Waals surface area contributed by atoms with Gasteiger partial charge in [-0.2, -0.15) is 0 Å². The quantitative estimate of drug-likeness (QED) is 0.289. The van der Waals surface area contributed by atoms with Crippen LogP contribution >= 0.6 is 22.6 Å². The Balaban J connectivity index is 5.12. The van der Waals surface area contributed by atoms with Gasteiger partial charge >= 0.3 is 0 Å². The van der Waals surface area contributed by atoms with Gasteiger partial charge in [-0.05, 0) is 52.3 Å². The van der Waals surface area contributed by atoms with Gasteiger partial charge in [-0.3, -0.25) is 0 Å². The van der Waals surface area contributed by atoms with E-state index in [0.717, 1.165) is 14.3 Å². The Hall–Kier alpha value is 0.487. The Bertz CT molecular complexity index is 268. The maximum atomic E-state index is 5.56. The molecule has 0 spiro atoms. The van der Waals surface area contributed by atoms with Crippen LogP contribution in [-0.4, -0.2) is 10.5 Å². The number of hydrogen-bond acceptors (Lipinski definition) is 1. The third-order valence-corrected chi connectivity index (χ3v) is 6.73. The topological polar surface area (TPSA) is 9.23 Å². The molecule has 0 heterocycles. The molecule has 0 N–H and O–H groups in total. The summed E-state index contributed by atoms with van der Waals surface area (Å²) in [5.41, 5.74) is 1.95. The Kier molecular flexibility index (Phi) is 7.37. The molecule has 0 aromatic rings. The second kappa shape index (κ2) is 7.17. The average molecular weight is 368 g/mol. The molecular formula is C14H29IOSi. The van der Waals surface area contributed by atoms with Crippen LogP contribution in [0.25, 0.3) is 0 Å². The first-order valence-electron chi connectivity index (χ1n) is 6.61. The van der Waals surface area contributed by atoms with Crippen LogP contribution in [0.3, 0.4) is 0 Å². The van der Waals surface area contributed by atoms with Crippen molar-refractivity contribution in [3.05, 3.63) is 9.34 Å². The lowest BCUT2D eigenvalue weighted by Gasteiger charge is -2.43. The smallest absolute Gasteiger partial charge is 0.204 e. The van der Waals surface area contributed by atoms with Gasteiger partial charge in [0.2, 0.25) is 10.5 Å². The molecule has 0 saturated heterocycles. The first-order chi connectivity index (χ1) is 7.70. The second-order valence-electron chi connectivity index (χ2n) is 6.14. The molecule has 1 unspecified atom stereocenters. The summed E-state index contributed by atoms with van der Waals surface area (Å²) >= 11 is 2.35. The zero-order chi connectivity index (χ0) is 13.7. The normalized spacial score (nSPS) is 17.6. The summed E-state index contributed by atoms with van der Waals surface area (Å²) in [5.74, 6) is 0. The molecule has 3 heteroatoms. The lowest BCUT2D eigenvalue weighted by molar-refractivity contribution is 0.132. The number of halogens is 1. The van der Waals surface area contributed by atoms with E-state index >= 15 is 0 Å². The van der Waals surface area contributed by atoms with Crippen LogP contribution in [0, 0.1) is 10.8 Å². The SMILES string of the molecule is CCCCCC(C)(C(C)=C(I)O[SiH3])C(C)(C)C. The van der Waals surface area contributed by atoms with E-state index in [1.807, 2.05) is 0 Å². The maximum Gasteiger partial charge on any atom is 0.204 e. The summed E-state index contributed by atoms with van der Waals surface area (Å²) in [6, 6.07) is 0. The highest BCUT2D eigenvalue weighted by atomic mass is 127. The molecule has 0 fully saturated rings. The van der Waals surface area contributed by atoms with Gasteiger partial charge in [-0.25, -0.2) is 0 Å². The van der Waals surface area contributed by atoms with E-state index in [1.165, 1.54) is 31.3 Å². The van der Waals surface area contributed by atoms with Crippen LogP contribution in [-0.2, 0) is 4.43 Å². The van der Waals surface area contributed by atoms with Crippen LogP contribution in [0.4, 0.5) is 0 Å². The van der Waals surface area contributed by atoms with Gasteiger partial charge in [0, 0.05) is 0 Å². The average Bonchev–Trinajstić information content (AvgIpc) is 2.25. The van der Waals surface area contributed by atoms with Crippen LogP contribution < -0.4 is 0 Å². The standard InChI is InChI=1S/C14H29IOSi/c1-7-8-9-10-14(6,13(3,4)5)11(2)12(15)16-17/h7-10H2,1-6,17H3. The summed E-state index contributed by atoms with van der Waals surface area (Å²) in [4.78, 5) is 0. The summed E-state index contributed by atoms with van der Waals surface area (Å²) in [5, 5.41) is 0. The van der Waals surface area contributed by atoms with Gasteiger partial charge in [-0.15, -0.1) is 0 Å². The van der Waals surface area contributed by atoms with E-state index in [9.17, 15) is 0 Å². The van der Waals surface area contributed by atoms with Crippen molar-refractivity contribution in [2.45, 2.75) is 67.2 Å².